The van der Waals surface area contributed by atoms with E-state index in [1.807, 2.05) is 37.3 Å². The molecule has 31 heavy (non-hydrogen) atoms. The Morgan fingerprint density at radius 2 is 2.03 bits per heavy atom. The summed E-state index contributed by atoms with van der Waals surface area (Å²) in [6.45, 7) is 2.18. The fourth-order valence-corrected chi connectivity index (χ4v) is 4.84. The molecule has 0 saturated carbocycles. The van der Waals surface area contributed by atoms with Crippen LogP contribution in [0.1, 0.15) is 18.0 Å². The second kappa shape index (κ2) is 8.20. The van der Waals surface area contributed by atoms with E-state index in [4.69, 9.17) is 13.9 Å². The molecule has 1 amide bonds. The van der Waals surface area contributed by atoms with Crippen molar-refractivity contribution in [2.45, 2.75) is 18.2 Å². The van der Waals surface area contributed by atoms with E-state index in [0.29, 0.717) is 22.6 Å². The van der Waals surface area contributed by atoms with Crippen molar-refractivity contribution in [2.75, 3.05) is 19.6 Å². The zero-order valence-electron chi connectivity index (χ0n) is 16.8. The number of amides is 1. The zero-order valence-corrected chi connectivity index (χ0v) is 18.4. The highest BCUT2D eigenvalue weighted by Crippen LogP contribution is 2.36. The van der Waals surface area contributed by atoms with E-state index in [2.05, 4.69) is 15.2 Å². The maximum absolute atomic E-state index is 12.7. The second-order valence-electron chi connectivity index (χ2n) is 6.93. The van der Waals surface area contributed by atoms with Gasteiger partial charge in [-0.05, 0) is 37.3 Å². The fourth-order valence-electron chi connectivity index (χ4n) is 3.09. The van der Waals surface area contributed by atoms with Gasteiger partial charge in [-0.2, -0.15) is 0 Å². The van der Waals surface area contributed by atoms with Gasteiger partial charge < -0.3 is 18.8 Å². The molecule has 0 bridgehead atoms. The van der Waals surface area contributed by atoms with Crippen molar-refractivity contribution in [3.05, 3.63) is 47.5 Å². The maximum atomic E-state index is 12.7. The Morgan fingerprint density at radius 1 is 1.19 bits per heavy atom. The topological polar surface area (TPSA) is 90.6 Å². The van der Waals surface area contributed by atoms with Crippen molar-refractivity contribution in [1.29, 1.82) is 0 Å². The molecule has 1 aliphatic heterocycles. The van der Waals surface area contributed by atoms with Gasteiger partial charge in [-0.3, -0.25) is 4.79 Å². The Labute approximate surface area is 186 Å². The van der Waals surface area contributed by atoms with E-state index in [9.17, 15) is 4.79 Å². The Kier molecular flexibility index (Phi) is 5.24. The predicted octanol–water partition coefficient (Wildman–Crippen LogP) is 4.39. The molecular weight excluding hydrogens is 436 g/mol. The molecule has 158 valence electrons. The lowest BCUT2D eigenvalue weighted by Crippen LogP contribution is -2.31. The number of hydrogen-bond donors (Lipinski definition) is 0. The molecule has 8 nitrogen and oxygen atoms in total. The molecule has 10 heteroatoms. The van der Waals surface area contributed by atoms with E-state index in [1.54, 1.807) is 35.4 Å². The summed E-state index contributed by atoms with van der Waals surface area (Å²) >= 11 is 2.81. The molecule has 0 fully saturated rings. The molecule has 3 heterocycles. The number of aromatic nitrogens is 3. The number of thioether (sulfide) groups is 1. The summed E-state index contributed by atoms with van der Waals surface area (Å²) in [5.41, 5.74) is 1.68. The van der Waals surface area contributed by atoms with E-state index in [-0.39, 0.29) is 24.5 Å². The minimum atomic E-state index is -0.127. The van der Waals surface area contributed by atoms with Gasteiger partial charge in [0.05, 0.1) is 22.0 Å². The lowest BCUT2D eigenvalue weighted by Gasteiger charge is -2.22. The quantitative estimate of drug-likeness (QED) is 0.396. The number of nitrogens with zero attached hydrogens (tertiary/aromatic N) is 4. The number of carbonyl (C=O) groups excluding carboxylic acids is 1. The lowest BCUT2D eigenvalue weighted by atomic mass is 10.2. The molecule has 0 aliphatic carbocycles. The Morgan fingerprint density at radius 3 is 2.90 bits per heavy atom. The molecule has 1 aliphatic rings. The van der Waals surface area contributed by atoms with E-state index in [0.717, 1.165) is 20.8 Å². The Bertz CT molecular complexity index is 1220. The van der Waals surface area contributed by atoms with Gasteiger partial charge in [0.15, 0.2) is 11.5 Å². The number of hydrogen-bond acceptors (Lipinski definition) is 9. The first kappa shape index (κ1) is 19.8. The molecule has 1 atom stereocenters. The van der Waals surface area contributed by atoms with Crippen molar-refractivity contribution in [2.24, 2.45) is 0 Å². The number of para-hydroxylation sites is 1. The minimum Gasteiger partial charge on any atom is -0.454 e. The first-order valence-electron chi connectivity index (χ1n) is 9.56. The van der Waals surface area contributed by atoms with Crippen LogP contribution in [0.5, 0.6) is 11.5 Å². The first-order chi connectivity index (χ1) is 15.1. The number of ether oxygens (including phenoxy) is 2. The van der Waals surface area contributed by atoms with Crippen LogP contribution in [0.3, 0.4) is 0 Å². The SMILES string of the molecule is C[C@H](c1nc2ccccc2s1)N(C)C(=O)CSc1nnc(-c2ccc3c(c2)OCO3)o1. The number of rotatable bonds is 6. The number of fused-ring (bicyclic) bond motifs is 2. The fraction of sp³-hybridized carbons (Fsp3) is 0.238. The van der Waals surface area contributed by atoms with Crippen LogP contribution in [0.15, 0.2) is 52.1 Å². The van der Waals surface area contributed by atoms with Gasteiger partial charge in [-0.1, -0.05) is 23.9 Å². The van der Waals surface area contributed by atoms with Crippen LogP contribution in [0.2, 0.25) is 0 Å². The van der Waals surface area contributed by atoms with Gasteiger partial charge in [-0.15, -0.1) is 21.5 Å². The van der Waals surface area contributed by atoms with Crippen LogP contribution in [-0.4, -0.2) is 45.6 Å². The third-order valence-corrected chi connectivity index (χ3v) is 7.00. The van der Waals surface area contributed by atoms with Crippen molar-refractivity contribution >= 4 is 39.2 Å². The number of benzene rings is 2. The van der Waals surface area contributed by atoms with Gasteiger partial charge in [0, 0.05) is 12.6 Å². The summed E-state index contributed by atoms with van der Waals surface area (Å²) < 4.78 is 17.5. The molecule has 0 N–H and O–H groups in total. The standard InChI is InChI=1S/C21H18N4O4S2/c1-12(20-22-14-5-3-4-6-17(14)31-20)25(2)18(26)10-30-21-24-23-19(29-21)13-7-8-15-16(9-13)28-11-27-15/h3-9,12H,10-11H2,1-2H3/t12-/m1/s1. The van der Waals surface area contributed by atoms with E-state index in [1.165, 1.54) is 11.8 Å². The predicted molar refractivity (Wildman–Crippen MR) is 117 cm³/mol. The van der Waals surface area contributed by atoms with Gasteiger partial charge in [0.25, 0.3) is 5.22 Å². The third-order valence-electron chi connectivity index (χ3n) is 4.99. The highest BCUT2D eigenvalue weighted by atomic mass is 32.2. The van der Waals surface area contributed by atoms with Crippen molar-refractivity contribution in [3.8, 4) is 23.0 Å². The third kappa shape index (κ3) is 3.96. The van der Waals surface area contributed by atoms with Gasteiger partial charge in [0.2, 0.25) is 18.6 Å². The van der Waals surface area contributed by atoms with Crippen LogP contribution in [0.25, 0.3) is 21.7 Å². The van der Waals surface area contributed by atoms with Gasteiger partial charge in [-0.25, -0.2) is 4.98 Å². The van der Waals surface area contributed by atoms with Crippen LogP contribution in [0.4, 0.5) is 0 Å². The summed E-state index contributed by atoms with van der Waals surface area (Å²) in [4.78, 5) is 19.1. The largest absolute Gasteiger partial charge is 0.454 e. The molecule has 4 aromatic rings. The molecule has 0 radical (unpaired) electrons. The highest BCUT2D eigenvalue weighted by molar-refractivity contribution is 7.99. The summed E-state index contributed by atoms with van der Waals surface area (Å²) in [6, 6.07) is 13.3. The normalized spacial score (nSPS) is 13.5. The summed E-state index contributed by atoms with van der Waals surface area (Å²) in [6.07, 6.45) is 0. The molecule has 5 rings (SSSR count). The molecular formula is C21H18N4O4S2. The van der Waals surface area contributed by atoms with Gasteiger partial charge >= 0.3 is 0 Å². The highest BCUT2D eigenvalue weighted by Gasteiger charge is 2.22. The smallest absolute Gasteiger partial charge is 0.277 e. The van der Waals surface area contributed by atoms with Gasteiger partial charge in [0.1, 0.15) is 5.01 Å². The summed E-state index contributed by atoms with van der Waals surface area (Å²) in [5, 5.41) is 9.36. The summed E-state index contributed by atoms with van der Waals surface area (Å²) in [5.74, 6) is 1.84. The van der Waals surface area contributed by atoms with Crippen LogP contribution in [0, 0.1) is 0 Å². The van der Waals surface area contributed by atoms with Crippen LogP contribution in [-0.2, 0) is 4.79 Å². The maximum Gasteiger partial charge on any atom is 0.277 e. The Balaban J connectivity index is 1.22. The molecule has 0 spiro atoms. The average molecular weight is 455 g/mol. The van der Waals surface area contributed by atoms with E-state index >= 15 is 0 Å². The first-order valence-corrected chi connectivity index (χ1v) is 11.4. The zero-order chi connectivity index (χ0) is 21.4. The van der Waals surface area contributed by atoms with Crippen molar-refractivity contribution in [3.63, 3.8) is 0 Å². The molecule has 2 aromatic heterocycles. The molecule has 0 saturated heterocycles. The molecule has 0 unspecified atom stereocenters. The second-order valence-corrected chi connectivity index (χ2v) is 8.92. The average Bonchev–Trinajstić information content (AvgIpc) is 3.54. The van der Waals surface area contributed by atoms with Crippen LogP contribution >= 0.6 is 23.1 Å². The van der Waals surface area contributed by atoms with Crippen molar-refractivity contribution in [1.82, 2.24) is 20.1 Å². The Hall–Kier alpha value is -3.11. The number of carbonyl (C=O) groups is 1. The van der Waals surface area contributed by atoms with Crippen LogP contribution < -0.4 is 9.47 Å². The summed E-state index contributed by atoms with van der Waals surface area (Å²) in [7, 11) is 1.78. The van der Waals surface area contributed by atoms with Crippen molar-refractivity contribution < 1.29 is 18.7 Å². The molecule has 2 aromatic carbocycles. The lowest BCUT2D eigenvalue weighted by molar-refractivity contribution is -0.128. The number of thiazole rings is 1. The monoisotopic (exact) mass is 454 g/mol. The minimum absolute atomic E-state index is 0.0421. The van der Waals surface area contributed by atoms with E-state index < -0.39 is 0 Å².